The number of halogens is 1. The fraction of sp³-hybridized carbons (Fsp3) is 0.316. The highest BCUT2D eigenvalue weighted by Crippen LogP contribution is 2.20. The van der Waals surface area contributed by atoms with Gasteiger partial charge in [-0.05, 0) is 42.7 Å². The number of nitrogens with one attached hydrogen (secondary N) is 1. The van der Waals surface area contributed by atoms with Crippen molar-refractivity contribution in [2.45, 2.75) is 25.4 Å². The van der Waals surface area contributed by atoms with Crippen LogP contribution in [-0.4, -0.2) is 25.2 Å². The van der Waals surface area contributed by atoms with Crippen LogP contribution in [-0.2, 0) is 16.0 Å². The Bertz CT molecular complexity index is 699. The van der Waals surface area contributed by atoms with Crippen molar-refractivity contribution >= 4 is 11.6 Å². The number of anilines is 1. The number of ether oxygens (including phenoxy) is 2. The number of amides is 1. The quantitative estimate of drug-likeness (QED) is 0.881. The Kier molecular flexibility index (Phi) is 5.43. The second kappa shape index (κ2) is 7.93. The normalized spacial score (nSPS) is 16.8. The van der Waals surface area contributed by atoms with E-state index in [1.165, 1.54) is 12.1 Å². The van der Waals surface area contributed by atoms with E-state index in [1.54, 1.807) is 24.3 Å². The Labute approximate surface area is 140 Å². The third-order valence-corrected chi connectivity index (χ3v) is 3.83. The average Bonchev–Trinajstić information content (AvgIpc) is 3.06. The zero-order valence-electron chi connectivity index (χ0n) is 13.3. The first-order chi connectivity index (χ1) is 11.7. The van der Waals surface area contributed by atoms with Gasteiger partial charge in [0.25, 0.3) is 0 Å². The first-order valence-corrected chi connectivity index (χ1v) is 8.08. The zero-order chi connectivity index (χ0) is 16.8. The van der Waals surface area contributed by atoms with Crippen LogP contribution < -0.4 is 10.1 Å². The van der Waals surface area contributed by atoms with Gasteiger partial charge < -0.3 is 14.8 Å². The molecule has 24 heavy (non-hydrogen) atoms. The van der Waals surface area contributed by atoms with Gasteiger partial charge in [0.05, 0.1) is 12.5 Å². The second-order valence-electron chi connectivity index (χ2n) is 5.83. The Balaban J connectivity index is 1.54. The van der Waals surface area contributed by atoms with Crippen molar-refractivity contribution in [3.05, 3.63) is 59.9 Å². The summed E-state index contributed by atoms with van der Waals surface area (Å²) in [6.45, 7) is 1.31. The topological polar surface area (TPSA) is 47.6 Å². The lowest BCUT2D eigenvalue weighted by molar-refractivity contribution is -0.115. The van der Waals surface area contributed by atoms with Crippen molar-refractivity contribution in [1.29, 1.82) is 0 Å². The molecule has 126 valence electrons. The van der Waals surface area contributed by atoms with Gasteiger partial charge in [0.1, 0.15) is 18.2 Å². The van der Waals surface area contributed by atoms with Crippen molar-refractivity contribution in [2.24, 2.45) is 0 Å². The summed E-state index contributed by atoms with van der Waals surface area (Å²) in [5.74, 6) is 0.149. The van der Waals surface area contributed by atoms with Crippen LogP contribution in [0.3, 0.4) is 0 Å². The lowest BCUT2D eigenvalue weighted by atomic mass is 10.1. The maximum Gasteiger partial charge on any atom is 0.228 e. The molecule has 1 aliphatic rings. The number of hydrogen-bond acceptors (Lipinski definition) is 3. The molecule has 1 N–H and O–H groups in total. The van der Waals surface area contributed by atoms with Gasteiger partial charge in [-0.15, -0.1) is 0 Å². The molecule has 0 bridgehead atoms. The van der Waals surface area contributed by atoms with Gasteiger partial charge in [-0.2, -0.15) is 0 Å². The molecule has 1 aliphatic heterocycles. The third-order valence-electron chi connectivity index (χ3n) is 3.83. The molecule has 0 radical (unpaired) electrons. The van der Waals surface area contributed by atoms with E-state index >= 15 is 0 Å². The number of rotatable bonds is 6. The van der Waals surface area contributed by atoms with E-state index in [0.29, 0.717) is 23.6 Å². The highest BCUT2D eigenvalue weighted by Gasteiger charge is 2.16. The predicted molar refractivity (Wildman–Crippen MR) is 89.6 cm³/mol. The minimum Gasteiger partial charge on any atom is -0.491 e. The number of carbonyl (C=O) groups excluding carboxylic acids is 1. The number of carbonyl (C=O) groups is 1. The van der Waals surface area contributed by atoms with Crippen LogP contribution >= 0.6 is 0 Å². The lowest BCUT2D eigenvalue weighted by Gasteiger charge is -2.12. The molecule has 1 atom stereocenters. The summed E-state index contributed by atoms with van der Waals surface area (Å²) < 4.78 is 24.4. The van der Waals surface area contributed by atoms with Crippen LogP contribution in [0.4, 0.5) is 10.1 Å². The molecule has 2 aromatic carbocycles. The van der Waals surface area contributed by atoms with Crippen LogP contribution in [0.5, 0.6) is 5.75 Å². The van der Waals surface area contributed by atoms with E-state index in [0.717, 1.165) is 19.4 Å². The largest absolute Gasteiger partial charge is 0.491 e. The van der Waals surface area contributed by atoms with Crippen LogP contribution in [0, 0.1) is 5.82 Å². The summed E-state index contributed by atoms with van der Waals surface area (Å²) in [6.07, 6.45) is 2.36. The van der Waals surface area contributed by atoms with Gasteiger partial charge in [0.2, 0.25) is 5.91 Å². The molecule has 3 rings (SSSR count). The lowest BCUT2D eigenvalue weighted by Crippen LogP contribution is -2.17. The van der Waals surface area contributed by atoms with Crippen LogP contribution in [0.2, 0.25) is 0 Å². The van der Waals surface area contributed by atoms with Crippen LogP contribution in [0.1, 0.15) is 18.4 Å². The maximum atomic E-state index is 13.2. The molecule has 0 saturated carbocycles. The van der Waals surface area contributed by atoms with Gasteiger partial charge >= 0.3 is 0 Å². The molecule has 5 heteroatoms. The van der Waals surface area contributed by atoms with Crippen molar-refractivity contribution < 1.29 is 18.7 Å². The van der Waals surface area contributed by atoms with Gasteiger partial charge in [-0.1, -0.05) is 18.2 Å². The SMILES string of the molecule is O=C(Cc1cccc(F)c1)Nc1cccc(OC[C@H]2CCCO2)c1. The molecule has 0 unspecified atom stereocenters. The van der Waals surface area contributed by atoms with Crippen molar-refractivity contribution in [2.75, 3.05) is 18.5 Å². The predicted octanol–water partition coefficient (Wildman–Crippen LogP) is 3.56. The summed E-state index contributed by atoms with van der Waals surface area (Å²) in [4.78, 5) is 12.1. The smallest absolute Gasteiger partial charge is 0.228 e. The summed E-state index contributed by atoms with van der Waals surface area (Å²) >= 11 is 0. The molecule has 4 nitrogen and oxygen atoms in total. The Morgan fingerprint density at radius 2 is 2.12 bits per heavy atom. The van der Waals surface area contributed by atoms with Crippen molar-refractivity contribution in [3.63, 3.8) is 0 Å². The Morgan fingerprint density at radius 1 is 1.25 bits per heavy atom. The van der Waals surface area contributed by atoms with Crippen molar-refractivity contribution in [1.82, 2.24) is 0 Å². The number of benzene rings is 2. The van der Waals surface area contributed by atoms with Gasteiger partial charge in [0.15, 0.2) is 0 Å². The highest BCUT2D eigenvalue weighted by molar-refractivity contribution is 5.92. The summed E-state index contributed by atoms with van der Waals surface area (Å²) in [5, 5.41) is 2.81. The van der Waals surface area contributed by atoms with E-state index < -0.39 is 0 Å². The molecule has 1 fully saturated rings. The standard InChI is InChI=1S/C19H20FNO3/c20-15-5-1-4-14(10-15)11-19(22)21-16-6-2-7-17(12-16)24-13-18-8-3-9-23-18/h1-2,4-7,10,12,18H,3,8-9,11,13H2,(H,21,22)/t18-/m1/s1. The molecule has 1 saturated heterocycles. The first kappa shape index (κ1) is 16.5. The van der Waals surface area contributed by atoms with Crippen LogP contribution in [0.25, 0.3) is 0 Å². The molecule has 1 heterocycles. The maximum absolute atomic E-state index is 13.2. The average molecular weight is 329 g/mol. The minimum absolute atomic E-state index is 0.124. The monoisotopic (exact) mass is 329 g/mol. The van der Waals surface area contributed by atoms with E-state index in [1.807, 2.05) is 12.1 Å². The summed E-state index contributed by atoms with van der Waals surface area (Å²) in [6, 6.07) is 13.3. The summed E-state index contributed by atoms with van der Waals surface area (Å²) in [7, 11) is 0. The van der Waals surface area contributed by atoms with Crippen molar-refractivity contribution in [3.8, 4) is 5.75 Å². The molecule has 0 aliphatic carbocycles. The Hall–Kier alpha value is -2.40. The van der Waals surface area contributed by atoms with Gasteiger partial charge in [-0.3, -0.25) is 4.79 Å². The fourth-order valence-electron chi connectivity index (χ4n) is 2.67. The number of hydrogen-bond donors (Lipinski definition) is 1. The van der Waals surface area contributed by atoms with E-state index in [2.05, 4.69) is 5.32 Å². The second-order valence-corrected chi connectivity index (χ2v) is 5.83. The minimum atomic E-state index is -0.343. The molecule has 0 spiro atoms. The molecular weight excluding hydrogens is 309 g/mol. The van der Waals surface area contributed by atoms with E-state index in [-0.39, 0.29) is 24.2 Å². The fourth-order valence-corrected chi connectivity index (χ4v) is 2.67. The van der Waals surface area contributed by atoms with Gasteiger partial charge in [0, 0.05) is 18.4 Å². The van der Waals surface area contributed by atoms with E-state index in [9.17, 15) is 9.18 Å². The molecule has 2 aromatic rings. The van der Waals surface area contributed by atoms with E-state index in [4.69, 9.17) is 9.47 Å². The first-order valence-electron chi connectivity index (χ1n) is 8.08. The van der Waals surface area contributed by atoms with Crippen LogP contribution in [0.15, 0.2) is 48.5 Å². The van der Waals surface area contributed by atoms with Gasteiger partial charge in [-0.25, -0.2) is 4.39 Å². The molecule has 0 aromatic heterocycles. The highest BCUT2D eigenvalue weighted by atomic mass is 19.1. The molecular formula is C19H20FNO3. The zero-order valence-corrected chi connectivity index (χ0v) is 13.3. The molecule has 1 amide bonds. The Morgan fingerprint density at radius 3 is 2.92 bits per heavy atom. The third kappa shape index (κ3) is 4.80. The summed E-state index contributed by atoms with van der Waals surface area (Å²) in [5.41, 5.74) is 1.29.